The first kappa shape index (κ1) is 12.8. The minimum absolute atomic E-state index is 0.0909. The lowest BCUT2D eigenvalue weighted by Crippen LogP contribution is -2.02. The van der Waals surface area contributed by atoms with Crippen LogP contribution in [-0.2, 0) is 0 Å². The van der Waals surface area contributed by atoms with E-state index in [9.17, 15) is 4.79 Å². The SMILES string of the molecule is Cc1cn(-c2cc(C)c(Br)c(C)c2)nc1C(=O)O. The number of carboxylic acid groups (broad SMARTS) is 1. The Morgan fingerprint density at radius 1 is 1.22 bits per heavy atom. The summed E-state index contributed by atoms with van der Waals surface area (Å²) in [4.78, 5) is 11.0. The number of hydrogen-bond acceptors (Lipinski definition) is 2. The van der Waals surface area contributed by atoms with E-state index in [-0.39, 0.29) is 5.69 Å². The molecule has 1 N–H and O–H groups in total. The van der Waals surface area contributed by atoms with E-state index in [1.165, 1.54) is 0 Å². The molecule has 0 aliphatic rings. The second kappa shape index (κ2) is 4.57. The summed E-state index contributed by atoms with van der Waals surface area (Å²) in [5, 5.41) is 13.1. The number of rotatable bonds is 2. The molecule has 0 saturated carbocycles. The molecule has 5 heteroatoms. The number of aryl methyl sites for hydroxylation is 3. The fraction of sp³-hybridized carbons (Fsp3) is 0.231. The number of aromatic nitrogens is 2. The largest absolute Gasteiger partial charge is 0.476 e. The molecule has 1 aromatic carbocycles. The topological polar surface area (TPSA) is 55.1 Å². The Morgan fingerprint density at radius 3 is 2.22 bits per heavy atom. The highest BCUT2D eigenvalue weighted by Crippen LogP contribution is 2.24. The first-order valence-electron chi connectivity index (χ1n) is 5.47. The normalized spacial score (nSPS) is 10.7. The van der Waals surface area contributed by atoms with Gasteiger partial charge in [-0.1, -0.05) is 15.9 Å². The maximum atomic E-state index is 11.0. The van der Waals surface area contributed by atoms with Crippen LogP contribution < -0.4 is 0 Å². The van der Waals surface area contributed by atoms with Crippen molar-refractivity contribution in [3.05, 3.63) is 45.2 Å². The van der Waals surface area contributed by atoms with E-state index >= 15 is 0 Å². The summed E-state index contributed by atoms with van der Waals surface area (Å²) in [5.74, 6) is -1.00. The quantitative estimate of drug-likeness (QED) is 0.926. The Kier molecular flexibility index (Phi) is 3.26. The highest BCUT2D eigenvalue weighted by molar-refractivity contribution is 9.10. The zero-order valence-electron chi connectivity index (χ0n) is 10.4. The van der Waals surface area contributed by atoms with Crippen LogP contribution in [0.5, 0.6) is 0 Å². The third-order valence-corrected chi connectivity index (χ3v) is 4.04. The summed E-state index contributed by atoms with van der Waals surface area (Å²) >= 11 is 3.50. The summed E-state index contributed by atoms with van der Waals surface area (Å²) in [6.07, 6.45) is 1.73. The van der Waals surface area contributed by atoms with E-state index in [0.717, 1.165) is 21.3 Å². The molecule has 4 nitrogen and oxygen atoms in total. The Bertz CT molecular complexity index is 609. The lowest BCUT2D eigenvalue weighted by molar-refractivity contribution is 0.0689. The molecule has 0 amide bonds. The Morgan fingerprint density at radius 2 is 1.78 bits per heavy atom. The van der Waals surface area contributed by atoms with Crippen molar-refractivity contribution in [3.8, 4) is 5.69 Å². The van der Waals surface area contributed by atoms with Crippen molar-refractivity contribution in [2.75, 3.05) is 0 Å². The molecule has 1 aromatic heterocycles. The average Bonchev–Trinajstić information content (AvgIpc) is 2.67. The molecule has 2 rings (SSSR count). The van der Waals surface area contributed by atoms with Crippen LogP contribution in [0.15, 0.2) is 22.8 Å². The van der Waals surface area contributed by atoms with Crippen LogP contribution >= 0.6 is 15.9 Å². The van der Waals surface area contributed by atoms with Gasteiger partial charge in [0.05, 0.1) is 5.69 Å². The summed E-state index contributed by atoms with van der Waals surface area (Å²) in [7, 11) is 0. The molecular formula is C13H13BrN2O2. The van der Waals surface area contributed by atoms with Gasteiger partial charge in [0.25, 0.3) is 0 Å². The molecule has 0 atom stereocenters. The molecule has 0 aliphatic heterocycles. The Labute approximate surface area is 113 Å². The van der Waals surface area contributed by atoms with E-state index in [1.54, 1.807) is 17.8 Å². The number of aromatic carboxylic acids is 1. The number of carbonyl (C=O) groups is 1. The minimum Gasteiger partial charge on any atom is -0.476 e. The molecule has 0 radical (unpaired) electrons. The smallest absolute Gasteiger partial charge is 0.356 e. The molecule has 94 valence electrons. The monoisotopic (exact) mass is 308 g/mol. The molecule has 0 unspecified atom stereocenters. The summed E-state index contributed by atoms with van der Waals surface area (Å²) in [6.45, 7) is 5.73. The van der Waals surface area contributed by atoms with Crippen LogP contribution in [0.3, 0.4) is 0 Å². The van der Waals surface area contributed by atoms with Crippen LogP contribution in [0.25, 0.3) is 5.69 Å². The second-order valence-electron chi connectivity index (χ2n) is 4.30. The molecule has 0 saturated heterocycles. The lowest BCUT2D eigenvalue weighted by Gasteiger charge is -2.07. The lowest BCUT2D eigenvalue weighted by atomic mass is 10.1. The molecule has 0 spiro atoms. The van der Waals surface area contributed by atoms with E-state index in [0.29, 0.717) is 5.56 Å². The van der Waals surface area contributed by atoms with Crippen LogP contribution in [0.1, 0.15) is 27.2 Å². The van der Waals surface area contributed by atoms with E-state index in [1.807, 2.05) is 26.0 Å². The number of carboxylic acids is 1. The summed E-state index contributed by atoms with van der Waals surface area (Å²) < 4.78 is 2.67. The maximum absolute atomic E-state index is 11.0. The summed E-state index contributed by atoms with van der Waals surface area (Å²) in [5.41, 5.74) is 3.79. The van der Waals surface area contributed by atoms with Gasteiger partial charge in [-0.15, -0.1) is 0 Å². The van der Waals surface area contributed by atoms with Crippen LogP contribution in [0.2, 0.25) is 0 Å². The maximum Gasteiger partial charge on any atom is 0.356 e. The third kappa shape index (κ3) is 2.18. The van der Waals surface area contributed by atoms with Crippen LogP contribution in [-0.4, -0.2) is 20.9 Å². The van der Waals surface area contributed by atoms with Crippen molar-refractivity contribution in [2.24, 2.45) is 0 Å². The van der Waals surface area contributed by atoms with Crippen LogP contribution in [0.4, 0.5) is 0 Å². The molecular weight excluding hydrogens is 296 g/mol. The van der Waals surface area contributed by atoms with Crippen molar-refractivity contribution >= 4 is 21.9 Å². The highest BCUT2D eigenvalue weighted by Gasteiger charge is 2.13. The second-order valence-corrected chi connectivity index (χ2v) is 5.10. The third-order valence-electron chi connectivity index (χ3n) is 2.79. The van der Waals surface area contributed by atoms with Gasteiger partial charge in [0.2, 0.25) is 0 Å². The van der Waals surface area contributed by atoms with Gasteiger partial charge in [-0.3, -0.25) is 0 Å². The summed E-state index contributed by atoms with van der Waals surface area (Å²) in [6, 6.07) is 3.93. The average molecular weight is 309 g/mol. The Balaban J connectivity index is 2.56. The van der Waals surface area contributed by atoms with Crippen LogP contribution in [0, 0.1) is 20.8 Å². The zero-order chi connectivity index (χ0) is 13.4. The van der Waals surface area contributed by atoms with Gasteiger partial charge < -0.3 is 5.11 Å². The van der Waals surface area contributed by atoms with Crippen molar-refractivity contribution < 1.29 is 9.90 Å². The van der Waals surface area contributed by atoms with E-state index in [2.05, 4.69) is 21.0 Å². The minimum atomic E-state index is -1.00. The number of nitrogens with zero attached hydrogens (tertiary/aromatic N) is 2. The van der Waals surface area contributed by atoms with E-state index in [4.69, 9.17) is 5.11 Å². The van der Waals surface area contributed by atoms with Crippen molar-refractivity contribution in [1.82, 2.24) is 9.78 Å². The predicted octanol–water partition coefficient (Wildman–Crippen LogP) is 3.26. The highest BCUT2D eigenvalue weighted by atomic mass is 79.9. The van der Waals surface area contributed by atoms with Crippen molar-refractivity contribution in [1.29, 1.82) is 0 Å². The van der Waals surface area contributed by atoms with Gasteiger partial charge in [-0.05, 0) is 44.0 Å². The predicted molar refractivity (Wildman–Crippen MR) is 72.4 cm³/mol. The first-order chi connectivity index (χ1) is 8.40. The van der Waals surface area contributed by atoms with Gasteiger partial charge >= 0.3 is 5.97 Å². The Hall–Kier alpha value is -1.62. The van der Waals surface area contributed by atoms with Crippen molar-refractivity contribution in [3.63, 3.8) is 0 Å². The molecule has 0 aliphatic carbocycles. The molecule has 0 bridgehead atoms. The van der Waals surface area contributed by atoms with Gasteiger partial charge in [0.15, 0.2) is 5.69 Å². The van der Waals surface area contributed by atoms with Gasteiger partial charge in [0, 0.05) is 16.2 Å². The molecule has 18 heavy (non-hydrogen) atoms. The fourth-order valence-corrected chi connectivity index (χ4v) is 2.09. The molecule has 2 aromatic rings. The van der Waals surface area contributed by atoms with Crippen molar-refractivity contribution in [2.45, 2.75) is 20.8 Å². The number of hydrogen-bond donors (Lipinski definition) is 1. The van der Waals surface area contributed by atoms with Gasteiger partial charge in [0.1, 0.15) is 0 Å². The number of benzene rings is 1. The van der Waals surface area contributed by atoms with Gasteiger partial charge in [-0.25, -0.2) is 9.48 Å². The molecule has 0 fully saturated rings. The fourth-order valence-electron chi connectivity index (χ4n) is 1.86. The zero-order valence-corrected chi connectivity index (χ0v) is 11.9. The number of halogens is 1. The molecule has 1 heterocycles. The van der Waals surface area contributed by atoms with Gasteiger partial charge in [-0.2, -0.15) is 5.10 Å². The standard InChI is InChI=1S/C13H13BrN2O2/c1-7-4-10(5-8(2)11(7)14)16-6-9(3)12(15-16)13(17)18/h4-6H,1-3H3,(H,17,18). The first-order valence-corrected chi connectivity index (χ1v) is 6.26. The van der Waals surface area contributed by atoms with E-state index < -0.39 is 5.97 Å².